The molecule has 0 spiro atoms. The number of carbonyl (C=O) groups excluding carboxylic acids is 1. The van der Waals surface area contributed by atoms with Crippen LogP contribution in [-0.4, -0.2) is 5.78 Å². The van der Waals surface area contributed by atoms with Crippen LogP contribution in [0, 0.1) is 19.3 Å². The molecule has 0 fully saturated rings. The second-order valence-corrected chi connectivity index (χ2v) is 9.21. The van der Waals surface area contributed by atoms with Crippen molar-refractivity contribution in [3.05, 3.63) is 56.8 Å². The highest BCUT2D eigenvalue weighted by Gasteiger charge is 2.26. The summed E-state index contributed by atoms with van der Waals surface area (Å²) in [5.74, 6) is 1.01. The van der Waals surface area contributed by atoms with Crippen molar-refractivity contribution in [1.82, 2.24) is 0 Å². The Bertz CT molecular complexity index is 738. The normalized spacial score (nSPS) is 13.0. The lowest BCUT2D eigenvalue weighted by atomic mass is 9.79. The third-order valence-electron chi connectivity index (χ3n) is 5.54. The van der Waals surface area contributed by atoms with Crippen molar-refractivity contribution in [3.8, 4) is 0 Å². The maximum absolute atomic E-state index is 12.2. The van der Waals surface area contributed by atoms with Crippen LogP contribution in [0.25, 0.3) is 0 Å². The Morgan fingerprint density at radius 1 is 1.15 bits per heavy atom. The van der Waals surface area contributed by atoms with Gasteiger partial charge in [-0.15, -0.1) is 11.3 Å². The molecule has 2 aromatic rings. The molecule has 0 aliphatic rings. The van der Waals surface area contributed by atoms with Crippen LogP contribution in [0.4, 0.5) is 0 Å². The fraction of sp³-hybridized carbons (Fsp3) is 0.542. The van der Waals surface area contributed by atoms with Crippen molar-refractivity contribution in [3.63, 3.8) is 0 Å². The average molecular weight is 371 g/mol. The number of carbonyl (C=O) groups is 1. The summed E-state index contributed by atoms with van der Waals surface area (Å²) in [6.45, 7) is 12.8. The molecule has 0 aliphatic heterocycles. The number of rotatable bonds is 9. The molecule has 0 aliphatic carbocycles. The molecule has 0 saturated heterocycles. The maximum atomic E-state index is 12.2. The zero-order valence-corrected chi connectivity index (χ0v) is 18.1. The summed E-state index contributed by atoms with van der Waals surface area (Å²) in [7, 11) is 0. The molecule has 1 atom stereocenters. The molecular formula is C24H34OS. The van der Waals surface area contributed by atoms with Crippen LogP contribution in [0.1, 0.15) is 80.0 Å². The smallest absolute Gasteiger partial charge is 0.138 e. The molecule has 1 aromatic carbocycles. The van der Waals surface area contributed by atoms with Gasteiger partial charge in [0, 0.05) is 16.7 Å². The SMILES string of the molecule is CCC(=O)C(C)(C)Cc1ccc(CCC(CC)c2cc(C)cs2)cc1C. The number of aryl methyl sites for hydroxylation is 3. The van der Waals surface area contributed by atoms with Gasteiger partial charge in [0.25, 0.3) is 0 Å². The number of hydrogen-bond acceptors (Lipinski definition) is 2. The molecule has 0 bridgehead atoms. The summed E-state index contributed by atoms with van der Waals surface area (Å²) in [6.07, 6.45) is 4.97. The summed E-state index contributed by atoms with van der Waals surface area (Å²) in [5.41, 5.74) is 5.15. The van der Waals surface area contributed by atoms with Crippen LogP contribution in [0.3, 0.4) is 0 Å². The standard InChI is InChI=1S/C24H34OS/c1-7-20(22-13-17(3)16-26-22)11-9-19-10-12-21(18(4)14-19)15-24(5,6)23(25)8-2/h10,12-14,16,20H,7-9,11,15H2,1-6H3. The highest BCUT2D eigenvalue weighted by Crippen LogP contribution is 2.31. The molecule has 1 unspecified atom stereocenters. The highest BCUT2D eigenvalue weighted by atomic mass is 32.1. The quantitative estimate of drug-likeness (QED) is 0.462. The molecule has 142 valence electrons. The molecule has 0 amide bonds. The highest BCUT2D eigenvalue weighted by molar-refractivity contribution is 7.10. The van der Waals surface area contributed by atoms with Gasteiger partial charge in [0.1, 0.15) is 5.78 Å². The zero-order chi connectivity index (χ0) is 19.3. The van der Waals surface area contributed by atoms with Gasteiger partial charge in [-0.3, -0.25) is 4.79 Å². The van der Waals surface area contributed by atoms with Crippen molar-refractivity contribution >= 4 is 17.1 Å². The van der Waals surface area contributed by atoms with E-state index in [0.29, 0.717) is 18.1 Å². The van der Waals surface area contributed by atoms with Gasteiger partial charge in [0.15, 0.2) is 0 Å². The number of hydrogen-bond donors (Lipinski definition) is 0. The Morgan fingerprint density at radius 3 is 2.42 bits per heavy atom. The lowest BCUT2D eigenvalue weighted by Gasteiger charge is -2.24. The van der Waals surface area contributed by atoms with Crippen LogP contribution in [0.2, 0.25) is 0 Å². The minimum Gasteiger partial charge on any atom is -0.299 e. The van der Waals surface area contributed by atoms with Gasteiger partial charge in [-0.25, -0.2) is 0 Å². The Balaban J connectivity index is 2.03. The molecule has 2 rings (SSSR count). The van der Waals surface area contributed by atoms with Gasteiger partial charge in [-0.05, 0) is 79.1 Å². The van der Waals surface area contributed by atoms with E-state index in [0.717, 1.165) is 12.8 Å². The first-order valence-corrected chi connectivity index (χ1v) is 10.8. The van der Waals surface area contributed by atoms with Crippen LogP contribution in [0.5, 0.6) is 0 Å². The predicted octanol–water partition coefficient (Wildman–Crippen LogP) is 7.04. The van der Waals surface area contributed by atoms with Gasteiger partial charge in [-0.2, -0.15) is 0 Å². The Morgan fingerprint density at radius 2 is 1.88 bits per heavy atom. The fourth-order valence-corrected chi connectivity index (χ4v) is 4.84. The van der Waals surface area contributed by atoms with Crippen LogP contribution >= 0.6 is 11.3 Å². The van der Waals surface area contributed by atoms with E-state index in [1.54, 1.807) is 0 Å². The van der Waals surface area contributed by atoms with E-state index >= 15 is 0 Å². The average Bonchev–Trinajstić information content (AvgIpc) is 3.03. The number of thiophene rings is 1. The number of benzene rings is 1. The van der Waals surface area contributed by atoms with E-state index < -0.39 is 0 Å². The third kappa shape index (κ3) is 5.30. The minimum absolute atomic E-state index is 0.272. The molecule has 0 saturated carbocycles. The number of Topliss-reactive ketones (excluding diaryl/α,β-unsaturated/α-hetero) is 1. The van der Waals surface area contributed by atoms with Crippen LogP contribution < -0.4 is 0 Å². The fourth-order valence-electron chi connectivity index (χ4n) is 3.72. The second-order valence-electron chi connectivity index (χ2n) is 8.27. The third-order valence-corrected chi connectivity index (χ3v) is 6.76. The summed E-state index contributed by atoms with van der Waals surface area (Å²) < 4.78 is 0. The van der Waals surface area contributed by atoms with E-state index in [4.69, 9.17) is 0 Å². The van der Waals surface area contributed by atoms with Crippen molar-refractivity contribution in [2.75, 3.05) is 0 Å². The summed E-state index contributed by atoms with van der Waals surface area (Å²) in [4.78, 5) is 13.7. The summed E-state index contributed by atoms with van der Waals surface area (Å²) in [5, 5.41) is 2.26. The molecule has 2 heteroatoms. The molecule has 1 heterocycles. The van der Waals surface area contributed by atoms with Crippen molar-refractivity contribution in [2.45, 2.75) is 79.6 Å². The first-order chi connectivity index (χ1) is 12.3. The lowest BCUT2D eigenvalue weighted by Crippen LogP contribution is -2.26. The van der Waals surface area contributed by atoms with Crippen molar-refractivity contribution < 1.29 is 4.79 Å². The largest absolute Gasteiger partial charge is 0.299 e. The first-order valence-electron chi connectivity index (χ1n) is 9.93. The topological polar surface area (TPSA) is 17.1 Å². The first kappa shape index (κ1) is 20.9. The van der Waals surface area contributed by atoms with E-state index in [-0.39, 0.29) is 5.41 Å². The van der Waals surface area contributed by atoms with E-state index in [2.05, 4.69) is 64.3 Å². The van der Waals surface area contributed by atoms with Crippen molar-refractivity contribution in [1.29, 1.82) is 0 Å². The Kier molecular flexibility index (Phi) is 7.23. The van der Waals surface area contributed by atoms with E-state index in [9.17, 15) is 4.79 Å². The summed E-state index contributed by atoms with van der Waals surface area (Å²) >= 11 is 1.90. The number of ketones is 1. The molecule has 0 N–H and O–H groups in total. The molecule has 26 heavy (non-hydrogen) atoms. The monoisotopic (exact) mass is 370 g/mol. The van der Waals surface area contributed by atoms with Gasteiger partial charge in [-0.1, -0.05) is 45.9 Å². The molecular weight excluding hydrogens is 336 g/mol. The van der Waals surface area contributed by atoms with Crippen LogP contribution in [-0.2, 0) is 17.6 Å². The Labute approximate surface area is 163 Å². The van der Waals surface area contributed by atoms with Crippen molar-refractivity contribution in [2.24, 2.45) is 5.41 Å². The van der Waals surface area contributed by atoms with Gasteiger partial charge < -0.3 is 0 Å². The zero-order valence-electron chi connectivity index (χ0n) is 17.3. The molecule has 0 radical (unpaired) electrons. The predicted molar refractivity (Wildman–Crippen MR) is 114 cm³/mol. The molecule has 1 nitrogen and oxygen atoms in total. The maximum Gasteiger partial charge on any atom is 0.138 e. The van der Waals surface area contributed by atoms with Gasteiger partial charge in [0.05, 0.1) is 0 Å². The minimum atomic E-state index is -0.272. The van der Waals surface area contributed by atoms with Gasteiger partial charge in [0.2, 0.25) is 0 Å². The Hall–Kier alpha value is -1.41. The van der Waals surface area contributed by atoms with E-state index in [1.165, 1.54) is 40.0 Å². The summed E-state index contributed by atoms with van der Waals surface area (Å²) in [6, 6.07) is 9.18. The second kappa shape index (κ2) is 8.99. The van der Waals surface area contributed by atoms with E-state index in [1.807, 2.05) is 18.3 Å². The van der Waals surface area contributed by atoms with Gasteiger partial charge >= 0.3 is 0 Å². The lowest BCUT2D eigenvalue weighted by molar-refractivity contribution is -0.126. The molecule has 1 aromatic heterocycles. The van der Waals surface area contributed by atoms with Crippen LogP contribution in [0.15, 0.2) is 29.6 Å².